The highest BCUT2D eigenvalue weighted by Gasteiger charge is 2.02. The third-order valence-corrected chi connectivity index (χ3v) is 2.26. The fraction of sp³-hybridized carbons (Fsp3) is 0. The molecule has 0 radical (unpaired) electrons. The van der Waals surface area contributed by atoms with E-state index in [4.69, 9.17) is 0 Å². The summed E-state index contributed by atoms with van der Waals surface area (Å²) in [5.74, 6) is 0. The van der Waals surface area contributed by atoms with E-state index in [0.717, 1.165) is 11.1 Å². The van der Waals surface area contributed by atoms with Gasteiger partial charge >= 0.3 is 0 Å². The first-order valence-corrected chi connectivity index (χ1v) is 3.93. The van der Waals surface area contributed by atoms with Crippen LogP contribution in [0.5, 0.6) is 0 Å². The largest absolute Gasteiger partial charge is 0.298 e. The van der Waals surface area contributed by atoms with Crippen molar-refractivity contribution in [1.82, 2.24) is 9.97 Å². The van der Waals surface area contributed by atoms with Gasteiger partial charge in [0.1, 0.15) is 10.3 Å². The number of carbonyl (C=O) groups is 1. The number of hydrogen-bond donors (Lipinski definition) is 0. The van der Waals surface area contributed by atoms with E-state index >= 15 is 0 Å². The lowest BCUT2D eigenvalue weighted by Crippen LogP contribution is -1.80. The molecule has 0 saturated heterocycles. The maximum atomic E-state index is 10.4. The summed E-state index contributed by atoms with van der Waals surface area (Å²) in [6.07, 6.45) is 4.00. The molecule has 0 atom stereocenters. The Balaban J connectivity index is 2.86. The SMILES string of the molecule is O=Cc1csc2nccnc12. The van der Waals surface area contributed by atoms with Gasteiger partial charge in [-0.15, -0.1) is 11.3 Å². The Hall–Kier alpha value is -1.29. The first kappa shape index (κ1) is 6.42. The monoisotopic (exact) mass is 164 g/mol. The van der Waals surface area contributed by atoms with Crippen LogP contribution in [0.1, 0.15) is 10.4 Å². The highest BCUT2D eigenvalue weighted by molar-refractivity contribution is 7.17. The zero-order valence-electron chi connectivity index (χ0n) is 5.52. The molecule has 0 N–H and O–H groups in total. The molecular formula is C7H4N2OS. The second-order valence-electron chi connectivity index (χ2n) is 2.02. The molecule has 0 fully saturated rings. The molecule has 2 aromatic rings. The van der Waals surface area contributed by atoms with Crippen LogP contribution in [0, 0.1) is 0 Å². The van der Waals surface area contributed by atoms with E-state index in [0.29, 0.717) is 11.1 Å². The van der Waals surface area contributed by atoms with E-state index in [1.165, 1.54) is 11.3 Å². The van der Waals surface area contributed by atoms with Crippen molar-refractivity contribution >= 4 is 28.0 Å². The molecule has 2 rings (SSSR count). The van der Waals surface area contributed by atoms with Crippen LogP contribution in [0.15, 0.2) is 17.8 Å². The van der Waals surface area contributed by atoms with Gasteiger partial charge in [-0.05, 0) is 0 Å². The van der Waals surface area contributed by atoms with Crippen molar-refractivity contribution in [2.45, 2.75) is 0 Å². The summed E-state index contributed by atoms with van der Waals surface area (Å²) in [6.45, 7) is 0. The average molecular weight is 164 g/mol. The maximum Gasteiger partial charge on any atom is 0.153 e. The van der Waals surface area contributed by atoms with E-state index in [1.54, 1.807) is 17.8 Å². The standard InChI is InChI=1S/C7H4N2OS/c10-3-5-4-11-7-6(5)8-1-2-9-7/h1-4H. The highest BCUT2D eigenvalue weighted by Crippen LogP contribution is 2.19. The first-order valence-electron chi connectivity index (χ1n) is 3.05. The Morgan fingerprint density at radius 2 is 2.18 bits per heavy atom. The van der Waals surface area contributed by atoms with Crippen molar-refractivity contribution in [1.29, 1.82) is 0 Å². The van der Waals surface area contributed by atoms with Crippen LogP contribution in [0.2, 0.25) is 0 Å². The molecule has 0 aromatic carbocycles. The first-order chi connectivity index (χ1) is 5.42. The molecule has 54 valence electrons. The number of hydrogen-bond acceptors (Lipinski definition) is 4. The van der Waals surface area contributed by atoms with Gasteiger partial charge in [0, 0.05) is 17.8 Å². The molecule has 2 heterocycles. The number of carbonyl (C=O) groups excluding carboxylic acids is 1. The predicted molar refractivity (Wildman–Crippen MR) is 42.8 cm³/mol. The van der Waals surface area contributed by atoms with Crippen LogP contribution < -0.4 is 0 Å². The van der Waals surface area contributed by atoms with Crippen molar-refractivity contribution in [3.63, 3.8) is 0 Å². The third-order valence-electron chi connectivity index (χ3n) is 1.36. The van der Waals surface area contributed by atoms with E-state index < -0.39 is 0 Å². The van der Waals surface area contributed by atoms with Gasteiger partial charge in [-0.3, -0.25) is 9.78 Å². The summed E-state index contributed by atoms with van der Waals surface area (Å²) in [6, 6.07) is 0. The number of aromatic nitrogens is 2. The molecule has 3 nitrogen and oxygen atoms in total. The quantitative estimate of drug-likeness (QED) is 0.600. The molecule has 0 spiro atoms. The predicted octanol–water partition coefficient (Wildman–Crippen LogP) is 1.50. The lowest BCUT2D eigenvalue weighted by Gasteiger charge is -1.84. The lowest BCUT2D eigenvalue weighted by molar-refractivity contribution is 0.112. The molecule has 0 unspecified atom stereocenters. The Labute approximate surface area is 66.7 Å². The molecular weight excluding hydrogens is 160 g/mol. The number of fused-ring (bicyclic) bond motifs is 1. The van der Waals surface area contributed by atoms with Crippen LogP contribution in [0.3, 0.4) is 0 Å². The zero-order chi connectivity index (χ0) is 7.68. The smallest absolute Gasteiger partial charge is 0.153 e. The van der Waals surface area contributed by atoms with Gasteiger partial charge in [0.25, 0.3) is 0 Å². The molecule has 0 aliphatic carbocycles. The number of rotatable bonds is 1. The van der Waals surface area contributed by atoms with Gasteiger partial charge in [0.05, 0.1) is 5.56 Å². The normalized spacial score (nSPS) is 10.2. The van der Waals surface area contributed by atoms with E-state index in [2.05, 4.69) is 9.97 Å². The number of nitrogens with zero attached hydrogens (tertiary/aromatic N) is 2. The molecule has 4 heteroatoms. The second kappa shape index (κ2) is 2.39. The maximum absolute atomic E-state index is 10.4. The molecule has 0 aliphatic rings. The molecule has 0 aliphatic heterocycles. The summed E-state index contributed by atoms with van der Waals surface area (Å²) >= 11 is 1.43. The van der Waals surface area contributed by atoms with Crippen LogP contribution in [-0.4, -0.2) is 16.3 Å². The van der Waals surface area contributed by atoms with Crippen LogP contribution >= 0.6 is 11.3 Å². The topological polar surface area (TPSA) is 42.9 Å². The molecule has 0 saturated carbocycles. The number of thiophene rings is 1. The van der Waals surface area contributed by atoms with E-state index in [9.17, 15) is 4.79 Å². The molecule has 0 bridgehead atoms. The van der Waals surface area contributed by atoms with Gasteiger partial charge in [-0.1, -0.05) is 0 Å². The summed E-state index contributed by atoms with van der Waals surface area (Å²) in [5.41, 5.74) is 1.32. The van der Waals surface area contributed by atoms with Gasteiger partial charge in [-0.25, -0.2) is 4.98 Å². The Morgan fingerprint density at radius 1 is 1.36 bits per heavy atom. The summed E-state index contributed by atoms with van der Waals surface area (Å²) in [7, 11) is 0. The summed E-state index contributed by atoms with van der Waals surface area (Å²) in [4.78, 5) is 19.3. The van der Waals surface area contributed by atoms with Gasteiger partial charge in [0.15, 0.2) is 6.29 Å². The molecule has 0 amide bonds. The Kier molecular flexibility index (Phi) is 1.40. The van der Waals surface area contributed by atoms with E-state index in [1.807, 2.05) is 0 Å². The second-order valence-corrected chi connectivity index (χ2v) is 2.88. The van der Waals surface area contributed by atoms with E-state index in [-0.39, 0.29) is 0 Å². The van der Waals surface area contributed by atoms with Crippen LogP contribution in [0.25, 0.3) is 10.3 Å². The van der Waals surface area contributed by atoms with Crippen LogP contribution in [-0.2, 0) is 0 Å². The minimum absolute atomic E-state index is 0.623. The average Bonchev–Trinajstić information content (AvgIpc) is 2.47. The minimum Gasteiger partial charge on any atom is -0.298 e. The number of aldehydes is 1. The Bertz CT molecular complexity index is 396. The molecule has 11 heavy (non-hydrogen) atoms. The van der Waals surface area contributed by atoms with Gasteiger partial charge in [0.2, 0.25) is 0 Å². The van der Waals surface area contributed by atoms with Crippen molar-refractivity contribution in [2.24, 2.45) is 0 Å². The van der Waals surface area contributed by atoms with Crippen molar-refractivity contribution < 1.29 is 4.79 Å². The summed E-state index contributed by atoms with van der Waals surface area (Å²) in [5, 5.41) is 1.76. The van der Waals surface area contributed by atoms with Crippen molar-refractivity contribution in [3.05, 3.63) is 23.3 Å². The molecule has 2 aromatic heterocycles. The van der Waals surface area contributed by atoms with Crippen molar-refractivity contribution in [3.8, 4) is 0 Å². The fourth-order valence-corrected chi connectivity index (χ4v) is 1.68. The third kappa shape index (κ3) is 0.914. The van der Waals surface area contributed by atoms with Crippen LogP contribution in [0.4, 0.5) is 0 Å². The fourth-order valence-electron chi connectivity index (χ4n) is 0.868. The van der Waals surface area contributed by atoms with Gasteiger partial charge < -0.3 is 0 Å². The zero-order valence-corrected chi connectivity index (χ0v) is 6.34. The lowest BCUT2D eigenvalue weighted by atomic mass is 10.3. The highest BCUT2D eigenvalue weighted by atomic mass is 32.1. The van der Waals surface area contributed by atoms with Gasteiger partial charge in [-0.2, -0.15) is 0 Å². The minimum atomic E-state index is 0.623. The summed E-state index contributed by atoms with van der Waals surface area (Å²) < 4.78 is 0. The Morgan fingerprint density at radius 3 is 3.00 bits per heavy atom. The van der Waals surface area contributed by atoms with Crippen molar-refractivity contribution in [2.75, 3.05) is 0 Å².